The zero-order chi connectivity index (χ0) is 20.8. The number of nitrogens with zero attached hydrogens (tertiary/aromatic N) is 3. The molecule has 2 aromatic rings. The third-order valence-corrected chi connectivity index (χ3v) is 5.71. The van der Waals surface area contributed by atoms with Gasteiger partial charge in [0.05, 0.1) is 23.1 Å². The minimum Gasteiger partial charge on any atom is -0.444 e. The molecule has 1 N–H and O–H groups in total. The summed E-state index contributed by atoms with van der Waals surface area (Å²) in [5, 5.41) is 8.45. The first-order valence-corrected chi connectivity index (χ1v) is 10.7. The van der Waals surface area contributed by atoms with Crippen LogP contribution in [0.2, 0.25) is 0 Å². The van der Waals surface area contributed by atoms with Gasteiger partial charge in [0, 0.05) is 38.0 Å². The SMILES string of the molecule is CC(C)c1ccc(-n2nc3c4c2CCN(C(=O)OC(C)(C)C)[C@@H]4CNCC3)cc1. The average Bonchev–Trinajstić information content (AvgIpc) is 2.89. The largest absolute Gasteiger partial charge is 0.444 e. The molecule has 0 radical (unpaired) electrons. The summed E-state index contributed by atoms with van der Waals surface area (Å²) < 4.78 is 7.78. The second-order valence-corrected chi connectivity index (χ2v) is 9.36. The summed E-state index contributed by atoms with van der Waals surface area (Å²) in [4.78, 5) is 14.7. The zero-order valence-electron chi connectivity index (χ0n) is 18.2. The molecule has 0 saturated carbocycles. The van der Waals surface area contributed by atoms with E-state index in [1.165, 1.54) is 16.8 Å². The van der Waals surface area contributed by atoms with Gasteiger partial charge in [-0.05, 0) is 44.4 Å². The molecule has 0 saturated heterocycles. The van der Waals surface area contributed by atoms with Gasteiger partial charge in [-0.25, -0.2) is 9.48 Å². The fraction of sp³-hybridized carbons (Fsp3) is 0.565. The summed E-state index contributed by atoms with van der Waals surface area (Å²) >= 11 is 0. The molecule has 1 aromatic heterocycles. The van der Waals surface area contributed by atoms with E-state index in [0.29, 0.717) is 12.5 Å². The molecular formula is C23H32N4O2. The van der Waals surface area contributed by atoms with E-state index in [0.717, 1.165) is 37.3 Å². The minimum atomic E-state index is -0.499. The normalized spacial score (nSPS) is 19.1. The number of benzene rings is 1. The van der Waals surface area contributed by atoms with E-state index in [4.69, 9.17) is 9.84 Å². The lowest BCUT2D eigenvalue weighted by molar-refractivity contribution is 0.0142. The van der Waals surface area contributed by atoms with Gasteiger partial charge in [-0.1, -0.05) is 26.0 Å². The highest BCUT2D eigenvalue weighted by Gasteiger charge is 2.38. The van der Waals surface area contributed by atoms with Gasteiger partial charge < -0.3 is 10.1 Å². The van der Waals surface area contributed by atoms with Crippen LogP contribution in [0.25, 0.3) is 5.69 Å². The molecule has 0 bridgehead atoms. The van der Waals surface area contributed by atoms with Gasteiger partial charge in [0.25, 0.3) is 0 Å². The van der Waals surface area contributed by atoms with E-state index >= 15 is 0 Å². The van der Waals surface area contributed by atoms with Crippen molar-refractivity contribution in [2.75, 3.05) is 19.6 Å². The Kier molecular flexibility index (Phi) is 5.15. The highest BCUT2D eigenvalue weighted by atomic mass is 16.6. The first-order valence-electron chi connectivity index (χ1n) is 10.7. The maximum atomic E-state index is 12.9. The van der Waals surface area contributed by atoms with Gasteiger partial charge >= 0.3 is 6.09 Å². The quantitative estimate of drug-likeness (QED) is 0.834. The second kappa shape index (κ2) is 7.48. The lowest BCUT2D eigenvalue weighted by Crippen LogP contribution is -2.46. The van der Waals surface area contributed by atoms with Crippen LogP contribution in [0.15, 0.2) is 24.3 Å². The lowest BCUT2D eigenvalue weighted by atomic mass is 9.96. The fourth-order valence-corrected chi connectivity index (χ4v) is 4.27. The summed E-state index contributed by atoms with van der Waals surface area (Å²) in [5.41, 5.74) is 5.45. The Morgan fingerprint density at radius 1 is 1.21 bits per heavy atom. The van der Waals surface area contributed by atoms with Crippen LogP contribution >= 0.6 is 0 Å². The number of hydrogen-bond acceptors (Lipinski definition) is 4. The third kappa shape index (κ3) is 3.90. The van der Waals surface area contributed by atoms with Crippen LogP contribution in [0.5, 0.6) is 0 Å². The average molecular weight is 397 g/mol. The number of ether oxygens (including phenoxy) is 1. The number of amides is 1. The van der Waals surface area contributed by atoms with Crippen molar-refractivity contribution in [3.8, 4) is 5.69 Å². The van der Waals surface area contributed by atoms with Crippen molar-refractivity contribution in [1.29, 1.82) is 0 Å². The van der Waals surface area contributed by atoms with Crippen LogP contribution in [-0.2, 0) is 17.6 Å². The van der Waals surface area contributed by atoms with E-state index in [9.17, 15) is 4.79 Å². The molecule has 1 atom stereocenters. The van der Waals surface area contributed by atoms with E-state index in [1.54, 1.807) is 0 Å². The molecule has 6 heteroatoms. The van der Waals surface area contributed by atoms with Crippen LogP contribution < -0.4 is 5.32 Å². The van der Waals surface area contributed by atoms with E-state index in [2.05, 4.69) is 48.1 Å². The topological polar surface area (TPSA) is 59.4 Å². The summed E-state index contributed by atoms with van der Waals surface area (Å²) in [7, 11) is 0. The van der Waals surface area contributed by atoms with Gasteiger partial charge in [0.2, 0.25) is 0 Å². The number of rotatable bonds is 2. The highest BCUT2D eigenvalue weighted by molar-refractivity contribution is 5.70. The Balaban J connectivity index is 1.71. The van der Waals surface area contributed by atoms with Gasteiger partial charge in [0.15, 0.2) is 0 Å². The Morgan fingerprint density at radius 3 is 2.59 bits per heavy atom. The van der Waals surface area contributed by atoms with Crippen molar-refractivity contribution in [3.63, 3.8) is 0 Å². The Morgan fingerprint density at radius 2 is 1.93 bits per heavy atom. The van der Waals surface area contributed by atoms with Crippen molar-refractivity contribution in [2.45, 2.75) is 65.0 Å². The Bertz CT molecular complexity index is 893. The molecule has 4 rings (SSSR count). The van der Waals surface area contributed by atoms with Gasteiger partial charge in [-0.2, -0.15) is 5.10 Å². The predicted octanol–water partition coefficient (Wildman–Crippen LogP) is 3.98. The number of hydrogen-bond donors (Lipinski definition) is 1. The van der Waals surface area contributed by atoms with E-state index in [-0.39, 0.29) is 12.1 Å². The molecule has 2 aliphatic heterocycles. The first kappa shape index (κ1) is 20.0. The van der Waals surface area contributed by atoms with Crippen LogP contribution in [-0.4, -0.2) is 46.0 Å². The molecule has 2 aliphatic rings. The van der Waals surface area contributed by atoms with Gasteiger partial charge in [0.1, 0.15) is 5.60 Å². The summed E-state index contributed by atoms with van der Waals surface area (Å²) in [6.45, 7) is 12.4. The van der Waals surface area contributed by atoms with Crippen molar-refractivity contribution < 1.29 is 9.53 Å². The molecule has 156 valence electrons. The van der Waals surface area contributed by atoms with Crippen molar-refractivity contribution in [1.82, 2.24) is 20.0 Å². The standard InChI is InChI=1S/C23H32N4O2/c1-15(2)16-6-8-17(9-7-16)27-19-11-13-26(22(28)29-23(3,4)5)20-14-24-12-10-18(25-27)21(19)20/h6-9,15,20,24H,10-14H2,1-5H3/t20-/m1/s1. The predicted molar refractivity (Wildman–Crippen MR) is 114 cm³/mol. The molecule has 6 nitrogen and oxygen atoms in total. The maximum Gasteiger partial charge on any atom is 0.410 e. The van der Waals surface area contributed by atoms with Crippen LogP contribution in [0.3, 0.4) is 0 Å². The molecule has 0 unspecified atom stereocenters. The third-order valence-electron chi connectivity index (χ3n) is 5.71. The lowest BCUT2D eigenvalue weighted by Gasteiger charge is -2.36. The highest BCUT2D eigenvalue weighted by Crippen LogP contribution is 2.36. The minimum absolute atomic E-state index is 0.0326. The van der Waals surface area contributed by atoms with Crippen LogP contribution in [0.4, 0.5) is 4.79 Å². The van der Waals surface area contributed by atoms with E-state index < -0.39 is 5.60 Å². The molecule has 3 heterocycles. The van der Waals surface area contributed by atoms with Crippen molar-refractivity contribution >= 4 is 6.09 Å². The molecular weight excluding hydrogens is 364 g/mol. The monoisotopic (exact) mass is 396 g/mol. The number of aromatic nitrogens is 2. The molecule has 0 fully saturated rings. The zero-order valence-corrected chi connectivity index (χ0v) is 18.2. The number of carbonyl (C=O) groups is 1. The molecule has 29 heavy (non-hydrogen) atoms. The number of carbonyl (C=O) groups excluding carboxylic acids is 1. The number of nitrogens with one attached hydrogen (secondary N) is 1. The van der Waals surface area contributed by atoms with Crippen molar-refractivity contribution in [2.24, 2.45) is 0 Å². The molecule has 0 spiro atoms. The van der Waals surface area contributed by atoms with E-state index in [1.807, 2.05) is 25.7 Å². The molecule has 1 amide bonds. The maximum absolute atomic E-state index is 12.9. The second-order valence-electron chi connectivity index (χ2n) is 9.36. The molecule has 0 aliphatic carbocycles. The van der Waals surface area contributed by atoms with Gasteiger partial charge in [-0.3, -0.25) is 4.90 Å². The van der Waals surface area contributed by atoms with Crippen molar-refractivity contribution in [3.05, 3.63) is 46.8 Å². The van der Waals surface area contributed by atoms with Crippen LogP contribution in [0.1, 0.15) is 69.1 Å². The fourth-order valence-electron chi connectivity index (χ4n) is 4.27. The van der Waals surface area contributed by atoms with Gasteiger partial charge in [-0.15, -0.1) is 0 Å². The summed E-state index contributed by atoms with van der Waals surface area (Å²) in [5.74, 6) is 0.509. The summed E-state index contributed by atoms with van der Waals surface area (Å²) in [6, 6.07) is 8.66. The Hall–Kier alpha value is -2.34. The first-order chi connectivity index (χ1) is 13.7. The Labute approximate surface area is 173 Å². The smallest absolute Gasteiger partial charge is 0.410 e. The van der Waals surface area contributed by atoms with Crippen LogP contribution in [0, 0.1) is 0 Å². The summed E-state index contributed by atoms with van der Waals surface area (Å²) in [6.07, 6.45) is 1.42. The molecule has 1 aromatic carbocycles.